The van der Waals surface area contributed by atoms with Gasteiger partial charge in [0, 0.05) is 43.8 Å². The van der Waals surface area contributed by atoms with Gasteiger partial charge in [-0.2, -0.15) is 0 Å². The topological polar surface area (TPSA) is 70.4 Å². The SMILES string of the molecule is C#Cc1cccc(NC(=O)CNC(=NC)NCCn2cccc2)c1. The number of carbonyl (C=O) groups excluding carboxylic acids is 1. The van der Waals surface area contributed by atoms with Crippen LogP contribution in [0.2, 0.25) is 0 Å². The van der Waals surface area contributed by atoms with E-state index in [9.17, 15) is 4.79 Å². The van der Waals surface area contributed by atoms with Crippen molar-refractivity contribution in [1.29, 1.82) is 0 Å². The van der Waals surface area contributed by atoms with Gasteiger partial charge in [0.05, 0.1) is 6.54 Å². The Hall–Kier alpha value is -3.20. The van der Waals surface area contributed by atoms with Crippen molar-refractivity contribution in [3.05, 3.63) is 54.4 Å². The summed E-state index contributed by atoms with van der Waals surface area (Å²) >= 11 is 0. The molecule has 0 aliphatic heterocycles. The molecule has 6 heteroatoms. The first-order valence-electron chi connectivity index (χ1n) is 7.63. The second-order valence-corrected chi connectivity index (χ2v) is 5.05. The molecular formula is C18H21N5O. The molecule has 6 nitrogen and oxygen atoms in total. The Balaban J connectivity index is 1.73. The van der Waals surface area contributed by atoms with E-state index in [1.165, 1.54) is 0 Å². The first-order chi connectivity index (χ1) is 11.7. The van der Waals surface area contributed by atoms with Gasteiger partial charge >= 0.3 is 0 Å². The monoisotopic (exact) mass is 323 g/mol. The normalized spacial score (nSPS) is 10.8. The van der Waals surface area contributed by atoms with Crippen molar-refractivity contribution in [2.45, 2.75) is 6.54 Å². The van der Waals surface area contributed by atoms with Crippen LogP contribution in [0.5, 0.6) is 0 Å². The average molecular weight is 323 g/mol. The summed E-state index contributed by atoms with van der Waals surface area (Å²) in [7, 11) is 1.67. The molecule has 0 saturated heterocycles. The van der Waals surface area contributed by atoms with Crippen molar-refractivity contribution >= 4 is 17.6 Å². The molecule has 0 unspecified atom stereocenters. The minimum atomic E-state index is -0.169. The van der Waals surface area contributed by atoms with E-state index in [1.54, 1.807) is 25.2 Å². The molecule has 124 valence electrons. The number of nitrogens with zero attached hydrogens (tertiary/aromatic N) is 2. The fourth-order valence-electron chi connectivity index (χ4n) is 2.10. The van der Waals surface area contributed by atoms with Crippen LogP contribution < -0.4 is 16.0 Å². The van der Waals surface area contributed by atoms with E-state index in [1.807, 2.05) is 30.6 Å². The van der Waals surface area contributed by atoms with Crippen LogP contribution in [0.1, 0.15) is 5.56 Å². The number of anilines is 1. The fourth-order valence-corrected chi connectivity index (χ4v) is 2.10. The van der Waals surface area contributed by atoms with E-state index < -0.39 is 0 Å². The van der Waals surface area contributed by atoms with Crippen molar-refractivity contribution in [2.24, 2.45) is 4.99 Å². The smallest absolute Gasteiger partial charge is 0.243 e. The van der Waals surface area contributed by atoms with Crippen molar-refractivity contribution in [3.63, 3.8) is 0 Å². The van der Waals surface area contributed by atoms with Gasteiger partial charge in [0.1, 0.15) is 0 Å². The van der Waals surface area contributed by atoms with Gasteiger partial charge < -0.3 is 20.5 Å². The highest BCUT2D eigenvalue weighted by atomic mass is 16.1. The molecule has 0 bridgehead atoms. The minimum Gasteiger partial charge on any atom is -0.355 e. The highest BCUT2D eigenvalue weighted by molar-refractivity contribution is 5.95. The number of hydrogen-bond donors (Lipinski definition) is 3. The maximum atomic E-state index is 12.0. The molecule has 24 heavy (non-hydrogen) atoms. The molecule has 0 fully saturated rings. The van der Waals surface area contributed by atoms with Crippen LogP contribution in [-0.2, 0) is 11.3 Å². The van der Waals surface area contributed by atoms with E-state index in [0.717, 1.165) is 12.1 Å². The lowest BCUT2D eigenvalue weighted by atomic mass is 10.2. The van der Waals surface area contributed by atoms with Gasteiger partial charge in [-0.3, -0.25) is 9.79 Å². The second-order valence-electron chi connectivity index (χ2n) is 5.05. The van der Waals surface area contributed by atoms with Gasteiger partial charge in [-0.25, -0.2) is 0 Å². The predicted molar refractivity (Wildman–Crippen MR) is 96.8 cm³/mol. The lowest BCUT2D eigenvalue weighted by Gasteiger charge is -2.12. The zero-order chi connectivity index (χ0) is 17.2. The highest BCUT2D eigenvalue weighted by Crippen LogP contribution is 2.09. The van der Waals surface area contributed by atoms with Gasteiger partial charge in [-0.05, 0) is 30.3 Å². The molecule has 2 rings (SSSR count). The van der Waals surface area contributed by atoms with E-state index in [0.29, 0.717) is 18.2 Å². The predicted octanol–water partition coefficient (Wildman–Crippen LogP) is 1.27. The summed E-state index contributed by atoms with van der Waals surface area (Å²) in [6.07, 6.45) is 9.34. The van der Waals surface area contributed by atoms with E-state index >= 15 is 0 Å². The molecule has 1 aromatic carbocycles. The molecule has 0 aliphatic carbocycles. The minimum absolute atomic E-state index is 0.115. The summed E-state index contributed by atoms with van der Waals surface area (Å²) in [5.41, 5.74) is 1.40. The van der Waals surface area contributed by atoms with Gasteiger partial charge in [-0.15, -0.1) is 6.42 Å². The third-order valence-corrected chi connectivity index (χ3v) is 3.28. The van der Waals surface area contributed by atoms with Gasteiger partial charge in [0.2, 0.25) is 5.91 Å². The first-order valence-corrected chi connectivity index (χ1v) is 7.63. The number of aliphatic imine (C=N–C) groups is 1. The van der Waals surface area contributed by atoms with Crippen molar-refractivity contribution < 1.29 is 4.79 Å². The van der Waals surface area contributed by atoms with Crippen molar-refractivity contribution in [2.75, 3.05) is 25.5 Å². The van der Waals surface area contributed by atoms with Crippen LogP contribution in [0.3, 0.4) is 0 Å². The van der Waals surface area contributed by atoms with E-state index in [2.05, 4.69) is 31.4 Å². The number of amides is 1. The number of rotatable bonds is 6. The molecule has 0 spiro atoms. The summed E-state index contributed by atoms with van der Waals surface area (Å²) in [6.45, 7) is 1.64. The van der Waals surface area contributed by atoms with Crippen LogP contribution in [0.25, 0.3) is 0 Å². The Labute approximate surface area is 142 Å². The Morgan fingerprint density at radius 2 is 2.04 bits per heavy atom. The Morgan fingerprint density at radius 3 is 2.75 bits per heavy atom. The van der Waals surface area contributed by atoms with Crippen LogP contribution >= 0.6 is 0 Å². The summed E-state index contributed by atoms with van der Waals surface area (Å²) in [5, 5.41) is 8.92. The van der Waals surface area contributed by atoms with Crippen LogP contribution in [0.4, 0.5) is 5.69 Å². The molecule has 0 atom stereocenters. The standard InChI is InChI=1S/C18H21N5O/c1-3-15-7-6-8-16(13-15)22-17(24)14-21-18(19-2)20-9-12-23-10-4-5-11-23/h1,4-8,10-11,13H,9,12,14H2,2H3,(H,22,24)(H2,19,20,21). The zero-order valence-electron chi connectivity index (χ0n) is 13.6. The fraction of sp³-hybridized carbons (Fsp3) is 0.222. The Kier molecular flexibility index (Phi) is 6.47. The number of aromatic nitrogens is 1. The number of guanidine groups is 1. The first kappa shape index (κ1) is 17.2. The molecule has 1 heterocycles. The van der Waals surface area contributed by atoms with Crippen LogP contribution in [0, 0.1) is 12.3 Å². The van der Waals surface area contributed by atoms with E-state index in [-0.39, 0.29) is 12.5 Å². The van der Waals surface area contributed by atoms with Crippen LogP contribution in [0.15, 0.2) is 53.8 Å². The van der Waals surface area contributed by atoms with E-state index in [4.69, 9.17) is 6.42 Å². The maximum absolute atomic E-state index is 12.0. The molecule has 1 amide bonds. The van der Waals surface area contributed by atoms with Crippen LogP contribution in [-0.4, -0.2) is 36.6 Å². The highest BCUT2D eigenvalue weighted by Gasteiger charge is 2.04. The summed E-state index contributed by atoms with van der Waals surface area (Å²) in [5.74, 6) is 2.95. The maximum Gasteiger partial charge on any atom is 0.243 e. The largest absolute Gasteiger partial charge is 0.355 e. The van der Waals surface area contributed by atoms with Crippen molar-refractivity contribution in [3.8, 4) is 12.3 Å². The molecule has 1 aromatic heterocycles. The number of nitrogens with one attached hydrogen (secondary N) is 3. The lowest BCUT2D eigenvalue weighted by Crippen LogP contribution is -2.42. The molecule has 0 aliphatic rings. The molecule has 0 saturated carbocycles. The third kappa shape index (κ3) is 5.54. The zero-order valence-corrected chi connectivity index (χ0v) is 13.6. The number of carbonyl (C=O) groups is 1. The molecule has 2 aromatic rings. The van der Waals surface area contributed by atoms with Crippen molar-refractivity contribution in [1.82, 2.24) is 15.2 Å². The number of benzene rings is 1. The summed E-state index contributed by atoms with van der Waals surface area (Å²) < 4.78 is 2.06. The third-order valence-electron chi connectivity index (χ3n) is 3.28. The average Bonchev–Trinajstić information content (AvgIpc) is 3.11. The molecular weight excluding hydrogens is 302 g/mol. The second kappa shape index (κ2) is 9.06. The van der Waals surface area contributed by atoms with Gasteiger partial charge in [0.25, 0.3) is 0 Å². The molecule has 3 N–H and O–H groups in total. The van der Waals surface area contributed by atoms with Gasteiger partial charge in [-0.1, -0.05) is 12.0 Å². The summed E-state index contributed by atoms with van der Waals surface area (Å²) in [4.78, 5) is 16.1. The quantitative estimate of drug-likeness (QED) is 0.426. The lowest BCUT2D eigenvalue weighted by molar-refractivity contribution is -0.115. The number of terminal acetylenes is 1. The Morgan fingerprint density at radius 1 is 1.25 bits per heavy atom. The Bertz CT molecular complexity index is 728. The molecule has 0 radical (unpaired) electrons. The number of hydrogen-bond acceptors (Lipinski definition) is 2. The van der Waals surface area contributed by atoms with Gasteiger partial charge in [0.15, 0.2) is 5.96 Å². The summed E-state index contributed by atoms with van der Waals surface area (Å²) in [6, 6.07) is 11.1.